The van der Waals surface area contributed by atoms with Gasteiger partial charge >= 0.3 is 0 Å². The Morgan fingerprint density at radius 1 is 1.39 bits per heavy atom. The number of aryl methyl sites for hydroxylation is 1. The van der Waals surface area contributed by atoms with Crippen molar-refractivity contribution in [3.63, 3.8) is 0 Å². The number of nitrogens with zero attached hydrogens (tertiary/aromatic N) is 1. The number of imide groups is 1. The van der Waals surface area contributed by atoms with E-state index in [1.54, 1.807) is 6.07 Å². The van der Waals surface area contributed by atoms with Gasteiger partial charge in [-0.15, -0.1) is 11.3 Å². The monoisotopic (exact) mass is 283 g/mol. The standard InChI is InChI=1S/C12H13NO3S2/c1-2-8-3-4-10(18-8)9(14)7-13-11(15)5-6-17-12(13)16/h3-4H,2,5-7H2,1H3. The molecule has 2 heterocycles. The maximum atomic E-state index is 12.0. The summed E-state index contributed by atoms with van der Waals surface area (Å²) in [5.41, 5.74) is 0. The highest BCUT2D eigenvalue weighted by Gasteiger charge is 2.29. The minimum Gasteiger partial charge on any atom is -0.291 e. The van der Waals surface area contributed by atoms with E-state index in [0.29, 0.717) is 17.1 Å². The molecule has 0 radical (unpaired) electrons. The molecule has 0 N–H and O–H groups in total. The zero-order valence-corrected chi connectivity index (χ0v) is 11.6. The summed E-state index contributed by atoms with van der Waals surface area (Å²) in [6.45, 7) is 1.89. The third-order valence-corrected chi connectivity index (χ3v) is 4.80. The van der Waals surface area contributed by atoms with Gasteiger partial charge in [0.2, 0.25) is 5.91 Å². The van der Waals surface area contributed by atoms with Gasteiger partial charge < -0.3 is 0 Å². The molecule has 1 saturated heterocycles. The molecule has 1 aromatic heterocycles. The molecule has 96 valence electrons. The predicted octanol–water partition coefficient (Wildman–Crippen LogP) is 2.58. The van der Waals surface area contributed by atoms with E-state index in [2.05, 4.69) is 0 Å². The molecule has 1 aromatic rings. The summed E-state index contributed by atoms with van der Waals surface area (Å²) in [6, 6.07) is 3.67. The largest absolute Gasteiger partial charge is 0.291 e. The van der Waals surface area contributed by atoms with Gasteiger partial charge in [0, 0.05) is 17.1 Å². The summed E-state index contributed by atoms with van der Waals surface area (Å²) < 4.78 is 0. The van der Waals surface area contributed by atoms with Gasteiger partial charge in [0.1, 0.15) is 0 Å². The Hall–Kier alpha value is -1.14. The van der Waals surface area contributed by atoms with Crippen LogP contribution in [0.1, 0.15) is 27.9 Å². The molecule has 0 bridgehead atoms. The first kappa shape index (κ1) is 13.3. The van der Waals surface area contributed by atoms with E-state index in [-0.39, 0.29) is 23.5 Å². The Bertz CT molecular complexity index is 479. The first-order valence-corrected chi connectivity index (χ1v) is 7.51. The molecule has 2 rings (SSSR count). The van der Waals surface area contributed by atoms with E-state index in [4.69, 9.17) is 0 Å². The molecular weight excluding hydrogens is 270 g/mol. The summed E-state index contributed by atoms with van der Waals surface area (Å²) in [5.74, 6) is 0.102. The van der Waals surface area contributed by atoms with Crippen molar-refractivity contribution in [1.82, 2.24) is 4.90 Å². The molecule has 0 spiro atoms. The second kappa shape index (κ2) is 5.67. The third kappa shape index (κ3) is 2.81. The van der Waals surface area contributed by atoms with Crippen molar-refractivity contribution in [2.75, 3.05) is 12.3 Å². The molecule has 6 heteroatoms. The summed E-state index contributed by atoms with van der Waals surface area (Å²) in [6.07, 6.45) is 1.21. The maximum absolute atomic E-state index is 12.0. The number of thioether (sulfide) groups is 1. The average molecular weight is 283 g/mol. The van der Waals surface area contributed by atoms with Gasteiger partial charge in [0.15, 0.2) is 5.78 Å². The highest BCUT2D eigenvalue weighted by Crippen LogP contribution is 2.21. The van der Waals surface area contributed by atoms with E-state index < -0.39 is 0 Å². The van der Waals surface area contributed by atoms with E-state index in [9.17, 15) is 14.4 Å². The first-order valence-electron chi connectivity index (χ1n) is 5.71. The van der Waals surface area contributed by atoms with Crippen LogP contribution in [0.2, 0.25) is 0 Å². The second-order valence-electron chi connectivity index (χ2n) is 3.89. The first-order chi connectivity index (χ1) is 8.61. The number of ketones is 1. The Balaban J connectivity index is 2.06. The normalized spacial score (nSPS) is 16.2. The number of carbonyl (C=O) groups is 3. The van der Waals surface area contributed by atoms with Crippen LogP contribution in [-0.2, 0) is 11.2 Å². The minimum absolute atomic E-state index is 0.131. The van der Waals surface area contributed by atoms with Crippen LogP contribution in [-0.4, -0.2) is 34.1 Å². The van der Waals surface area contributed by atoms with Crippen LogP contribution >= 0.6 is 23.1 Å². The van der Waals surface area contributed by atoms with Gasteiger partial charge in [0.05, 0.1) is 11.4 Å². The third-order valence-electron chi connectivity index (χ3n) is 2.65. The van der Waals surface area contributed by atoms with Gasteiger partial charge in [-0.25, -0.2) is 0 Å². The lowest BCUT2D eigenvalue weighted by Gasteiger charge is -2.22. The fourth-order valence-corrected chi connectivity index (χ4v) is 3.28. The molecule has 18 heavy (non-hydrogen) atoms. The Morgan fingerprint density at radius 2 is 2.17 bits per heavy atom. The molecule has 0 saturated carbocycles. The van der Waals surface area contributed by atoms with Crippen molar-refractivity contribution >= 4 is 40.0 Å². The Labute approximate surface area is 113 Å². The number of carbonyl (C=O) groups excluding carboxylic acids is 3. The second-order valence-corrected chi connectivity index (χ2v) is 6.10. The number of hydrogen-bond acceptors (Lipinski definition) is 5. The summed E-state index contributed by atoms with van der Waals surface area (Å²) in [5, 5.41) is -0.313. The topological polar surface area (TPSA) is 54.5 Å². The van der Waals surface area contributed by atoms with E-state index in [1.807, 2.05) is 13.0 Å². The number of amides is 2. The number of hydrogen-bond donors (Lipinski definition) is 0. The van der Waals surface area contributed by atoms with Gasteiger partial charge in [-0.05, 0) is 18.6 Å². The van der Waals surface area contributed by atoms with E-state index >= 15 is 0 Å². The highest BCUT2D eigenvalue weighted by molar-refractivity contribution is 8.13. The quantitative estimate of drug-likeness (QED) is 0.797. The van der Waals surface area contributed by atoms with Gasteiger partial charge in [0.25, 0.3) is 5.24 Å². The molecule has 1 aliphatic heterocycles. The molecule has 4 nitrogen and oxygen atoms in total. The zero-order chi connectivity index (χ0) is 13.1. The van der Waals surface area contributed by atoms with Gasteiger partial charge in [-0.3, -0.25) is 19.3 Å². The van der Waals surface area contributed by atoms with Crippen molar-refractivity contribution in [1.29, 1.82) is 0 Å². The van der Waals surface area contributed by atoms with E-state index in [0.717, 1.165) is 28.0 Å². The summed E-state index contributed by atoms with van der Waals surface area (Å²) in [7, 11) is 0. The van der Waals surface area contributed by atoms with Crippen molar-refractivity contribution in [2.24, 2.45) is 0 Å². The Kier molecular flexibility index (Phi) is 4.19. The zero-order valence-electron chi connectivity index (χ0n) is 9.97. The summed E-state index contributed by atoms with van der Waals surface area (Å²) in [4.78, 5) is 37.9. The number of thiophene rings is 1. The van der Waals surface area contributed by atoms with Crippen molar-refractivity contribution in [3.05, 3.63) is 21.9 Å². The smallest absolute Gasteiger partial charge is 0.288 e. The SMILES string of the molecule is CCc1ccc(C(=O)CN2C(=O)CCSC2=O)s1. The maximum Gasteiger partial charge on any atom is 0.288 e. The molecule has 0 aliphatic carbocycles. The predicted molar refractivity (Wildman–Crippen MR) is 72.2 cm³/mol. The van der Waals surface area contributed by atoms with Crippen LogP contribution in [0.5, 0.6) is 0 Å². The minimum atomic E-state index is -0.313. The lowest BCUT2D eigenvalue weighted by atomic mass is 10.3. The molecule has 0 atom stereocenters. The molecule has 1 fully saturated rings. The van der Waals surface area contributed by atoms with Crippen LogP contribution in [0.3, 0.4) is 0 Å². The molecular formula is C12H13NO3S2. The lowest BCUT2D eigenvalue weighted by molar-refractivity contribution is -0.127. The van der Waals surface area contributed by atoms with Gasteiger partial charge in [-0.1, -0.05) is 18.7 Å². The number of rotatable bonds is 4. The fraction of sp³-hybridized carbons (Fsp3) is 0.417. The highest BCUT2D eigenvalue weighted by atomic mass is 32.2. The van der Waals surface area contributed by atoms with Crippen molar-refractivity contribution in [3.8, 4) is 0 Å². The summed E-state index contributed by atoms with van der Waals surface area (Å²) >= 11 is 2.52. The Morgan fingerprint density at radius 3 is 2.78 bits per heavy atom. The van der Waals surface area contributed by atoms with Crippen LogP contribution in [0, 0.1) is 0 Å². The van der Waals surface area contributed by atoms with Crippen molar-refractivity contribution < 1.29 is 14.4 Å². The molecule has 1 aliphatic rings. The lowest BCUT2D eigenvalue weighted by Crippen LogP contribution is -2.41. The van der Waals surface area contributed by atoms with Crippen LogP contribution in [0.15, 0.2) is 12.1 Å². The fourth-order valence-electron chi connectivity index (χ4n) is 1.63. The van der Waals surface area contributed by atoms with E-state index in [1.165, 1.54) is 11.3 Å². The van der Waals surface area contributed by atoms with Crippen molar-refractivity contribution in [2.45, 2.75) is 19.8 Å². The molecule has 0 aromatic carbocycles. The number of Topliss-reactive ketones (excluding diaryl/α,β-unsaturated/α-hetero) is 1. The van der Waals surface area contributed by atoms with Gasteiger partial charge in [-0.2, -0.15) is 0 Å². The molecule has 0 unspecified atom stereocenters. The van der Waals surface area contributed by atoms with Crippen LogP contribution in [0.4, 0.5) is 4.79 Å². The van der Waals surface area contributed by atoms with Crippen LogP contribution in [0.25, 0.3) is 0 Å². The average Bonchev–Trinajstić information content (AvgIpc) is 2.82. The van der Waals surface area contributed by atoms with Crippen LogP contribution < -0.4 is 0 Å². The molecule has 2 amide bonds.